The first-order valence-electron chi connectivity index (χ1n) is 6.85. The summed E-state index contributed by atoms with van der Waals surface area (Å²) in [5, 5.41) is 13.7. The van der Waals surface area contributed by atoms with Crippen LogP contribution in [0, 0.1) is 5.92 Å². The molecule has 1 N–H and O–H groups in total. The van der Waals surface area contributed by atoms with Crippen molar-refractivity contribution in [2.24, 2.45) is 5.92 Å². The topological polar surface area (TPSA) is 79.5 Å². The number of aliphatic hydroxyl groups is 1. The average Bonchev–Trinajstić information content (AvgIpc) is 2.96. The van der Waals surface area contributed by atoms with E-state index in [1.807, 2.05) is 0 Å². The predicted molar refractivity (Wildman–Crippen MR) is 66.2 cm³/mol. The Hall–Kier alpha value is -1.43. The van der Waals surface area contributed by atoms with Gasteiger partial charge in [-0.3, -0.25) is 4.79 Å². The molecule has 1 aromatic heterocycles. The van der Waals surface area contributed by atoms with Crippen LogP contribution in [0.25, 0.3) is 0 Å². The van der Waals surface area contributed by atoms with Crippen LogP contribution in [0.5, 0.6) is 0 Å². The Kier molecular flexibility index (Phi) is 3.05. The number of β-amino-alcohol motifs (C(OH)–C–C–N with tert-alkyl or cyclic N) is 1. The summed E-state index contributed by atoms with van der Waals surface area (Å²) in [5.41, 5.74) is 0. The van der Waals surface area contributed by atoms with E-state index in [0.717, 1.165) is 5.82 Å². The Labute approximate surface area is 111 Å². The van der Waals surface area contributed by atoms with Crippen LogP contribution < -0.4 is 0 Å². The lowest BCUT2D eigenvalue weighted by atomic mass is 10.1. The summed E-state index contributed by atoms with van der Waals surface area (Å²) in [6.07, 6.45) is 2.42. The highest BCUT2D eigenvalue weighted by Gasteiger charge is 2.38. The first kappa shape index (κ1) is 12.6. The van der Waals surface area contributed by atoms with E-state index in [4.69, 9.17) is 4.52 Å². The molecule has 1 aliphatic carbocycles. The van der Waals surface area contributed by atoms with Gasteiger partial charge in [0.15, 0.2) is 5.82 Å². The van der Waals surface area contributed by atoms with Crippen molar-refractivity contribution in [3.8, 4) is 0 Å². The van der Waals surface area contributed by atoms with Crippen molar-refractivity contribution in [1.82, 2.24) is 15.0 Å². The number of nitrogens with zero attached hydrogens (tertiary/aromatic N) is 3. The molecule has 2 fully saturated rings. The standard InChI is InChI=1S/C13H19N3O3/c1-7(9-3-4-9)12-14-13(19-15-12)11-5-10(18)6-16(11)8(2)17/h7,9-11,18H,3-6H2,1-2H3/t7?,10-,11+/m0/s1. The summed E-state index contributed by atoms with van der Waals surface area (Å²) in [4.78, 5) is 17.6. The zero-order valence-electron chi connectivity index (χ0n) is 11.2. The summed E-state index contributed by atoms with van der Waals surface area (Å²) >= 11 is 0. The molecule has 0 aromatic carbocycles. The molecule has 1 amide bonds. The maximum absolute atomic E-state index is 11.6. The molecule has 3 rings (SSSR count). The van der Waals surface area contributed by atoms with Crippen LogP contribution >= 0.6 is 0 Å². The molecule has 1 aromatic rings. The van der Waals surface area contributed by atoms with E-state index >= 15 is 0 Å². The largest absolute Gasteiger partial charge is 0.391 e. The molecule has 6 nitrogen and oxygen atoms in total. The fraction of sp³-hybridized carbons (Fsp3) is 0.769. The molecular weight excluding hydrogens is 246 g/mol. The van der Waals surface area contributed by atoms with Crippen LogP contribution in [0.2, 0.25) is 0 Å². The van der Waals surface area contributed by atoms with Crippen molar-refractivity contribution in [3.63, 3.8) is 0 Å². The number of rotatable bonds is 3. The summed E-state index contributed by atoms with van der Waals surface area (Å²) in [6.45, 7) is 3.95. The smallest absolute Gasteiger partial charge is 0.249 e. The van der Waals surface area contributed by atoms with Crippen molar-refractivity contribution in [2.45, 2.75) is 51.2 Å². The molecule has 0 bridgehead atoms. The second kappa shape index (κ2) is 4.59. The first-order chi connectivity index (χ1) is 9.06. The van der Waals surface area contributed by atoms with Crippen molar-refractivity contribution in [2.75, 3.05) is 6.54 Å². The van der Waals surface area contributed by atoms with Crippen molar-refractivity contribution < 1.29 is 14.4 Å². The molecule has 1 unspecified atom stereocenters. The zero-order valence-corrected chi connectivity index (χ0v) is 11.2. The number of aliphatic hydroxyl groups excluding tert-OH is 1. The molecule has 104 valence electrons. The molecule has 1 saturated carbocycles. The van der Waals surface area contributed by atoms with E-state index in [9.17, 15) is 9.90 Å². The van der Waals surface area contributed by atoms with Gasteiger partial charge in [0, 0.05) is 25.8 Å². The van der Waals surface area contributed by atoms with Gasteiger partial charge in [-0.25, -0.2) is 0 Å². The van der Waals surface area contributed by atoms with Gasteiger partial charge in [-0.1, -0.05) is 12.1 Å². The SMILES string of the molecule is CC(=O)N1C[C@@H](O)C[C@@H]1c1nc(C(C)C2CC2)no1. The van der Waals surface area contributed by atoms with E-state index in [2.05, 4.69) is 17.1 Å². The highest BCUT2D eigenvalue weighted by molar-refractivity contribution is 5.74. The Morgan fingerprint density at radius 2 is 2.26 bits per heavy atom. The second-order valence-corrected chi connectivity index (χ2v) is 5.69. The molecular formula is C13H19N3O3. The van der Waals surface area contributed by atoms with E-state index in [-0.39, 0.29) is 11.9 Å². The number of likely N-dealkylation sites (tertiary alicyclic amines) is 1. The van der Waals surface area contributed by atoms with Gasteiger partial charge < -0.3 is 14.5 Å². The third-order valence-electron chi connectivity index (χ3n) is 4.16. The molecule has 1 saturated heterocycles. The fourth-order valence-electron chi connectivity index (χ4n) is 2.77. The third kappa shape index (κ3) is 2.36. The lowest BCUT2D eigenvalue weighted by Crippen LogP contribution is -2.29. The highest BCUT2D eigenvalue weighted by Crippen LogP contribution is 2.41. The molecule has 3 atom stereocenters. The molecule has 19 heavy (non-hydrogen) atoms. The minimum absolute atomic E-state index is 0.0726. The van der Waals surface area contributed by atoms with Gasteiger partial charge in [-0.2, -0.15) is 4.98 Å². The maximum Gasteiger partial charge on any atom is 0.249 e. The minimum Gasteiger partial charge on any atom is -0.391 e. The van der Waals surface area contributed by atoms with Crippen molar-refractivity contribution in [3.05, 3.63) is 11.7 Å². The molecule has 0 spiro atoms. The van der Waals surface area contributed by atoms with Crippen molar-refractivity contribution >= 4 is 5.91 Å². The molecule has 2 aliphatic rings. The maximum atomic E-state index is 11.6. The summed E-state index contributed by atoms with van der Waals surface area (Å²) in [6, 6.07) is -0.278. The van der Waals surface area contributed by atoms with Gasteiger partial charge in [-0.15, -0.1) is 0 Å². The number of hydrogen-bond acceptors (Lipinski definition) is 5. The Morgan fingerprint density at radius 1 is 1.53 bits per heavy atom. The van der Waals surface area contributed by atoms with Gasteiger partial charge in [0.2, 0.25) is 11.8 Å². The van der Waals surface area contributed by atoms with Crippen LogP contribution in [0.1, 0.15) is 56.8 Å². The van der Waals surface area contributed by atoms with E-state index in [1.165, 1.54) is 19.8 Å². The monoisotopic (exact) mass is 265 g/mol. The zero-order chi connectivity index (χ0) is 13.6. The van der Waals surface area contributed by atoms with Gasteiger partial charge in [0.1, 0.15) is 6.04 Å². The van der Waals surface area contributed by atoms with Gasteiger partial charge >= 0.3 is 0 Å². The van der Waals surface area contributed by atoms with Gasteiger partial charge in [0.25, 0.3) is 0 Å². The van der Waals surface area contributed by atoms with Crippen LogP contribution in [-0.2, 0) is 4.79 Å². The molecule has 0 radical (unpaired) electrons. The average molecular weight is 265 g/mol. The second-order valence-electron chi connectivity index (χ2n) is 5.69. The number of carbonyl (C=O) groups excluding carboxylic acids is 1. The number of carbonyl (C=O) groups is 1. The number of amides is 1. The van der Waals surface area contributed by atoms with Crippen LogP contribution in [0.3, 0.4) is 0 Å². The van der Waals surface area contributed by atoms with E-state index in [0.29, 0.717) is 30.7 Å². The fourth-order valence-corrected chi connectivity index (χ4v) is 2.77. The Balaban J connectivity index is 1.79. The lowest BCUT2D eigenvalue weighted by Gasteiger charge is -2.19. The van der Waals surface area contributed by atoms with Gasteiger partial charge in [-0.05, 0) is 18.8 Å². The lowest BCUT2D eigenvalue weighted by molar-refractivity contribution is -0.130. The third-order valence-corrected chi connectivity index (χ3v) is 4.16. The highest BCUT2D eigenvalue weighted by atomic mass is 16.5. The molecule has 6 heteroatoms. The quantitative estimate of drug-likeness (QED) is 0.889. The normalized spacial score (nSPS) is 28.7. The van der Waals surface area contributed by atoms with Gasteiger partial charge in [0.05, 0.1) is 6.10 Å². The summed E-state index contributed by atoms with van der Waals surface area (Å²) in [5.74, 6) is 2.09. The summed E-state index contributed by atoms with van der Waals surface area (Å²) in [7, 11) is 0. The van der Waals surface area contributed by atoms with E-state index < -0.39 is 6.10 Å². The van der Waals surface area contributed by atoms with Crippen LogP contribution in [0.15, 0.2) is 4.52 Å². The molecule has 1 aliphatic heterocycles. The van der Waals surface area contributed by atoms with Crippen molar-refractivity contribution in [1.29, 1.82) is 0 Å². The van der Waals surface area contributed by atoms with E-state index in [1.54, 1.807) is 4.90 Å². The number of aromatic nitrogens is 2. The first-order valence-corrected chi connectivity index (χ1v) is 6.85. The van der Waals surface area contributed by atoms with Crippen LogP contribution in [0.4, 0.5) is 0 Å². The predicted octanol–water partition coefficient (Wildman–Crippen LogP) is 1.24. The Bertz CT molecular complexity index is 483. The Morgan fingerprint density at radius 3 is 2.89 bits per heavy atom. The van der Waals surface area contributed by atoms with Crippen LogP contribution in [-0.4, -0.2) is 38.7 Å². The summed E-state index contributed by atoms with van der Waals surface area (Å²) < 4.78 is 5.31. The minimum atomic E-state index is -0.509. The number of hydrogen-bond donors (Lipinski definition) is 1. The molecule has 2 heterocycles.